The number of imidazole rings is 1. The molecule has 5 aromatic carbocycles. The molecule has 0 N–H and O–H groups in total. The zero-order valence-electron chi connectivity index (χ0n) is 33.1. The fourth-order valence-electron chi connectivity index (χ4n) is 7.58. The van der Waals surface area contributed by atoms with Crippen LogP contribution < -0.4 is 0 Å². The van der Waals surface area contributed by atoms with Gasteiger partial charge in [0.05, 0.1) is 22.2 Å². The molecule has 0 amide bonds. The predicted octanol–water partition coefficient (Wildman–Crippen LogP) is 11.6. The maximum Gasteiger partial charge on any atom is 0.0690 e. The smallest absolute Gasteiger partial charge is 0.0690 e. The molecule has 0 aliphatic rings. The van der Waals surface area contributed by atoms with Crippen LogP contribution in [0.3, 0.4) is 0 Å². The van der Waals surface area contributed by atoms with Crippen LogP contribution in [0.5, 0.6) is 0 Å². The van der Waals surface area contributed by atoms with E-state index in [9.17, 15) is 0 Å². The number of fused-ring (bicyclic) bond motifs is 5. The molecular formula is C45H36IrN4-2. The summed E-state index contributed by atoms with van der Waals surface area (Å²) in [4.78, 5) is 8.92. The SMILES string of the molecule is [2H]C([2H])([2H])c1cnc2c3[c-]ccc4c5cccc6c7cc(-c8c(C([2H])(C)C)cccc8C([2H])(C)C)cc(c7n(c34)c56)n12.[Ir].[c-]1ccccc1-c1ccccn1. The Kier molecular flexibility index (Phi) is 6.60. The molecule has 0 saturated carbocycles. The number of nitrogens with zero attached hydrogens (tertiary/aromatic N) is 4. The molecule has 0 bridgehead atoms. The van der Waals surface area contributed by atoms with Crippen molar-refractivity contribution < 1.29 is 27.0 Å². The van der Waals surface area contributed by atoms with Crippen LogP contribution in [0, 0.1) is 19.0 Å². The Bertz CT molecular complexity index is 2920. The Hall–Kier alpha value is -5.09. The molecule has 0 saturated heterocycles. The molecule has 0 aliphatic heterocycles. The molecule has 4 nitrogen and oxygen atoms in total. The first-order valence-electron chi connectivity index (χ1n) is 19.0. The number of rotatable bonds is 4. The summed E-state index contributed by atoms with van der Waals surface area (Å²) < 4.78 is 47.4. The van der Waals surface area contributed by atoms with Gasteiger partial charge in [0.1, 0.15) is 0 Å². The van der Waals surface area contributed by atoms with E-state index in [1.54, 1.807) is 10.6 Å². The van der Waals surface area contributed by atoms with Crippen molar-refractivity contribution in [3.05, 3.63) is 144 Å². The van der Waals surface area contributed by atoms with Crippen molar-refractivity contribution in [1.82, 2.24) is 18.8 Å². The van der Waals surface area contributed by atoms with Crippen LogP contribution in [0.2, 0.25) is 0 Å². The molecule has 1 radical (unpaired) electrons. The van der Waals surface area contributed by atoms with Crippen LogP contribution in [0.1, 0.15) is 63.2 Å². The number of hydrogen-bond donors (Lipinski definition) is 0. The standard InChI is InChI=1S/C34H28N3.C11H8N.Ir/c1-18(2)22-9-6-10-23(19(3)4)30(22)21-15-28-26-13-7-11-24-25-12-8-14-27-32(25)37(31(24)26)33(28)29(16-21)36-20(5)17-35-34(27)36;1-2-6-10(7-3-1)11-8-4-5-9-12-11;/h6-13,15-19H,1-5H3;1-6,8-9H;/q2*-1;/i5D3,18D,19D;;. The molecule has 0 unspecified atom stereocenters. The summed E-state index contributed by atoms with van der Waals surface area (Å²) in [6, 6.07) is 40.6. The van der Waals surface area contributed by atoms with Crippen molar-refractivity contribution in [1.29, 1.82) is 0 Å². The first-order valence-corrected chi connectivity index (χ1v) is 16.5. The van der Waals surface area contributed by atoms with E-state index in [2.05, 4.69) is 51.8 Å². The molecule has 0 atom stereocenters. The van der Waals surface area contributed by atoms with Gasteiger partial charge in [-0.3, -0.25) is 4.98 Å². The molecular weight excluding hydrogens is 789 g/mol. The first-order chi connectivity index (χ1) is 25.7. The molecule has 10 aromatic rings. The van der Waals surface area contributed by atoms with Crippen LogP contribution >= 0.6 is 0 Å². The summed E-state index contributed by atoms with van der Waals surface area (Å²) in [7, 11) is 0. The van der Waals surface area contributed by atoms with E-state index < -0.39 is 18.6 Å². The van der Waals surface area contributed by atoms with Gasteiger partial charge in [-0.2, -0.15) is 0 Å². The minimum absolute atomic E-state index is 0. The Morgan fingerprint density at radius 3 is 2.12 bits per heavy atom. The minimum atomic E-state index is -2.41. The van der Waals surface area contributed by atoms with E-state index in [1.807, 2.05) is 100 Å². The number of benzene rings is 5. The normalized spacial score (nSPS) is 14.0. The summed E-state index contributed by atoms with van der Waals surface area (Å²) in [5.41, 5.74) is 9.69. The van der Waals surface area contributed by atoms with Gasteiger partial charge in [0.25, 0.3) is 0 Å². The molecule has 0 aliphatic carbocycles. The molecule has 5 heteroatoms. The van der Waals surface area contributed by atoms with Crippen LogP contribution in [0.15, 0.2) is 116 Å². The average molecular weight is 830 g/mol. The Morgan fingerprint density at radius 2 is 1.42 bits per heavy atom. The summed E-state index contributed by atoms with van der Waals surface area (Å²) in [6.45, 7) is 5.06. The van der Waals surface area contributed by atoms with Gasteiger partial charge in [-0.1, -0.05) is 87.0 Å². The number of pyridine rings is 1. The molecule has 247 valence electrons. The van der Waals surface area contributed by atoms with Gasteiger partial charge in [-0.05, 0) is 75.7 Å². The second-order valence-corrected chi connectivity index (χ2v) is 13.1. The third kappa shape index (κ3) is 4.75. The van der Waals surface area contributed by atoms with Gasteiger partial charge in [-0.25, -0.2) is 0 Å². The maximum absolute atomic E-state index is 9.05. The third-order valence-electron chi connectivity index (χ3n) is 9.65. The third-order valence-corrected chi connectivity index (χ3v) is 9.65. The Labute approximate surface area is 312 Å². The van der Waals surface area contributed by atoms with Gasteiger partial charge in [-0.15, -0.1) is 54.1 Å². The van der Waals surface area contributed by atoms with Crippen molar-refractivity contribution in [2.75, 3.05) is 0 Å². The number of hydrogen-bond acceptors (Lipinski definition) is 2. The molecule has 0 fully saturated rings. The zero-order chi connectivity index (χ0) is 37.7. The van der Waals surface area contributed by atoms with Gasteiger partial charge in [0.15, 0.2) is 0 Å². The molecule has 10 rings (SSSR count). The molecule has 5 aromatic heterocycles. The van der Waals surface area contributed by atoms with Gasteiger partial charge >= 0.3 is 0 Å². The first kappa shape index (κ1) is 26.7. The molecule has 0 spiro atoms. The van der Waals surface area contributed by atoms with Crippen LogP contribution in [0.4, 0.5) is 0 Å². The van der Waals surface area contributed by atoms with Gasteiger partial charge in [0.2, 0.25) is 0 Å². The van der Waals surface area contributed by atoms with Crippen LogP contribution in [-0.4, -0.2) is 18.8 Å². The Balaban J connectivity index is 0.000000280. The van der Waals surface area contributed by atoms with E-state index in [0.717, 1.165) is 77.0 Å². The van der Waals surface area contributed by atoms with Crippen molar-refractivity contribution >= 4 is 54.6 Å². The molecule has 50 heavy (non-hydrogen) atoms. The molecule has 5 heterocycles. The monoisotopic (exact) mass is 830 g/mol. The van der Waals surface area contributed by atoms with Gasteiger partial charge in [0, 0.05) is 55.8 Å². The summed E-state index contributed by atoms with van der Waals surface area (Å²) in [6.07, 6.45) is 3.25. The van der Waals surface area contributed by atoms with Gasteiger partial charge < -0.3 is 13.8 Å². The van der Waals surface area contributed by atoms with Crippen molar-refractivity contribution in [2.45, 2.75) is 46.3 Å². The fourth-order valence-corrected chi connectivity index (χ4v) is 7.58. The zero-order valence-corrected chi connectivity index (χ0v) is 30.5. The van der Waals surface area contributed by atoms with Crippen LogP contribution in [-0.2, 0) is 20.1 Å². The second kappa shape index (κ2) is 12.3. The second-order valence-electron chi connectivity index (χ2n) is 13.1. The van der Waals surface area contributed by atoms with E-state index in [-0.39, 0.29) is 25.8 Å². The quantitative estimate of drug-likeness (QED) is 0.166. The van der Waals surface area contributed by atoms with E-state index >= 15 is 0 Å². The maximum atomic E-state index is 9.05. The minimum Gasteiger partial charge on any atom is -0.348 e. The summed E-state index contributed by atoms with van der Waals surface area (Å²) in [5.74, 6) is -1.87. The van der Waals surface area contributed by atoms with E-state index in [1.165, 1.54) is 6.20 Å². The van der Waals surface area contributed by atoms with Crippen molar-refractivity contribution in [2.24, 2.45) is 0 Å². The van der Waals surface area contributed by atoms with Crippen LogP contribution in [0.25, 0.3) is 77.0 Å². The summed E-state index contributed by atoms with van der Waals surface area (Å²) >= 11 is 0. The number of aromatic nitrogens is 4. The Morgan fingerprint density at radius 1 is 0.680 bits per heavy atom. The largest absolute Gasteiger partial charge is 0.348 e. The predicted molar refractivity (Wildman–Crippen MR) is 204 cm³/mol. The van der Waals surface area contributed by atoms with E-state index in [4.69, 9.17) is 11.8 Å². The van der Waals surface area contributed by atoms with E-state index in [0.29, 0.717) is 11.2 Å². The fraction of sp³-hybridized carbons (Fsp3) is 0.156. The average Bonchev–Trinajstić information content (AvgIpc) is 3.82. The topological polar surface area (TPSA) is 34.6 Å². The number of para-hydroxylation sites is 1. The van der Waals surface area contributed by atoms with Crippen molar-refractivity contribution in [3.8, 4) is 22.4 Å². The summed E-state index contributed by atoms with van der Waals surface area (Å²) in [5, 5.41) is 5.02. The van der Waals surface area contributed by atoms with Crippen molar-refractivity contribution in [3.63, 3.8) is 0 Å². The number of aryl methyl sites for hydroxylation is 1.